The Hall–Kier alpha value is -4.69. The van der Waals surface area contributed by atoms with E-state index in [1.807, 2.05) is 48.5 Å². The normalized spacial score (nSPS) is 15.0. The summed E-state index contributed by atoms with van der Waals surface area (Å²) in [6.45, 7) is 9.97. The highest BCUT2D eigenvalue weighted by Gasteiger charge is 2.36. The van der Waals surface area contributed by atoms with Gasteiger partial charge in [-0.05, 0) is 86.9 Å². The maximum absolute atomic E-state index is 14.3. The molecule has 1 aliphatic rings. The van der Waals surface area contributed by atoms with Crippen molar-refractivity contribution in [2.75, 3.05) is 13.7 Å². The Morgan fingerprint density at radius 1 is 1.02 bits per heavy atom. The zero-order chi connectivity index (χ0) is 30.4. The standard InChI is InChI=1S/C35H33N3O4S/c1-7-42-34(40)30-22(4)36-35-38(32(30)31-27-14-9-8-12-24(27)15-16-28(31)41-6)33(39)29(43-35)19-25-18-21(3)37(23(25)5)26-13-10-11-20(2)17-26/h8-19,32H,7H2,1-6H3/b29-19+/t32-/m0/s1. The van der Waals surface area contributed by atoms with Crippen molar-refractivity contribution < 1.29 is 14.3 Å². The van der Waals surface area contributed by atoms with Crippen molar-refractivity contribution in [2.45, 2.75) is 40.7 Å². The van der Waals surface area contributed by atoms with Gasteiger partial charge >= 0.3 is 5.97 Å². The number of nitrogens with zero attached hydrogens (tertiary/aromatic N) is 3. The lowest BCUT2D eigenvalue weighted by Crippen LogP contribution is -2.40. The second-order valence-electron chi connectivity index (χ2n) is 10.7. The van der Waals surface area contributed by atoms with Gasteiger partial charge in [0.05, 0.1) is 29.5 Å². The molecule has 0 saturated heterocycles. The molecule has 0 aliphatic carbocycles. The minimum atomic E-state index is -0.779. The Morgan fingerprint density at radius 3 is 2.56 bits per heavy atom. The van der Waals surface area contributed by atoms with Crippen LogP contribution in [0.1, 0.15) is 48.0 Å². The first-order chi connectivity index (χ1) is 20.7. The van der Waals surface area contributed by atoms with E-state index in [2.05, 4.69) is 49.6 Å². The summed E-state index contributed by atoms with van der Waals surface area (Å²) in [6, 6.07) is 21.4. The summed E-state index contributed by atoms with van der Waals surface area (Å²) in [5.74, 6) is 0.0798. The number of carbonyl (C=O) groups excluding carboxylic acids is 1. The average Bonchev–Trinajstić information content (AvgIpc) is 3.45. The molecule has 1 atom stereocenters. The molecule has 1 aliphatic heterocycles. The highest BCUT2D eigenvalue weighted by atomic mass is 32.1. The number of ether oxygens (including phenoxy) is 2. The predicted octanol–water partition coefficient (Wildman–Crippen LogP) is 5.68. The van der Waals surface area contributed by atoms with Crippen molar-refractivity contribution in [3.8, 4) is 11.4 Å². The first-order valence-electron chi connectivity index (χ1n) is 14.2. The number of fused-ring (bicyclic) bond motifs is 2. The highest BCUT2D eigenvalue weighted by molar-refractivity contribution is 7.07. The maximum atomic E-state index is 14.3. The van der Waals surface area contributed by atoms with Gasteiger partial charge in [0.2, 0.25) is 0 Å². The highest BCUT2D eigenvalue weighted by Crippen LogP contribution is 2.40. The molecule has 5 aromatic rings. The van der Waals surface area contributed by atoms with Gasteiger partial charge in [0.15, 0.2) is 4.80 Å². The topological polar surface area (TPSA) is 74.8 Å². The number of aromatic nitrogens is 2. The fraction of sp³-hybridized carbons (Fsp3) is 0.229. The fourth-order valence-corrected chi connectivity index (χ4v) is 7.08. The molecule has 0 spiro atoms. The minimum absolute atomic E-state index is 0.204. The van der Waals surface area contributed by atoms with Crippen LogP contribution in [-0.4, -0.2) is 28.8 Å². The van der Waals surface area contributed by atoms with Crippen molar-refractivity contribution in [3.63, 3.8) is 0 Å². The van der Waals surface area contributed by atoms with Gasteiger partial charge in [-0.3, -0.25) is 9.36 Å². The van der Waals surface area contributed by atoms with Crippen LogP contribution >= 0.6 is 11.3 Å². The van der Waals surface area contributed by atoms with Gasteiger partial charge in [-0.1, -0.05) is 53.8 Å². The molecular weight excluding hydrogens is 558 g/mol. The van der Waals surface area contributed by atoms with Gasteiger partial charge in [0.1, 0.15) is 11.8 Å². The van der Waals surface area contributed by atoms with Crippen molar-refractivity contribution in [1.82, 2.24) is 9.13 Å². The van der Waals surface area contributed by atoms with Crippen molar-refractivity contribution in [2.24, 2.45) is 4.99 Å². The smallest absolute Gasteiger partial charge is 0.338 e. The van der Waals surface area contributed by atoms with E-state index < -0.39 is 12.0 Å². The number of methoxy groups -OCH3 is 1. The number of hydrogen-bond acceptors (Lipinski definition) is 6. The van der Waals surface area contributed by atoms with Crippen LogP contribution in [0.3, 0.4) is 0 Å². The van der Waals surface area contributed by atoms with E-state index in [0.29, 0.717) is 26.4 Å². The number of allylic oxidation sites excluding steroid dienone is 1. The van der Waals surface area contributed by atoms with Crippen LogP contribution in [0.4, 0.5) is 0 Å². The van der Waals surface area contributed by atoms with E-state index in [0.717, 1.165) is 39.0 Å². The molecule has 2 aromatic heterocycles. The number of hydrogen-bond donors (Lipinski definition) is 0. The molecule has 0 unspecified atom stereocenters. The Bertz CT molecular complexity index is 2130. The van der Waals surface area contributed by atoms with E-state index in [4.69, 9.17) is 14.5 Å². The molecule has 0 amide bonds. The zero-order valence-corrected chi connectivity index (χ0v) is 25.9. The predicted molar refractivity (Wildman–Crippen MR) is 171 cm³/mol. The quantitative estimate of drug-likeness (QED) is 0.238. The molecule has 0 radical (unpaired) electrons. The summed E-state index contributed by atoms with van der Waals surface area (Å²) in [5.41, 5.74) is 6.65. The Kier molecular flexibility index (Phi) is 7.40. The van der Waals surface area contributed by atoms with E-state index >= 15 is 0 Å². The molecule has 6 rings (SSSR count). The molecule has 8 heteroatoms. The van der Waals surface area contributed by atoms with E-state index in [1.165, 1.54) is 16.9 Å². The van der Waals surface area contributed by atoms with Gasteiger partial charge in [-0.15, -0.1) is 0 Å². The largest absolute Gasteiger partial charge is 0.496 e. The van der Waals surface area contributed by atoms with Crippen LogP contribution in [0.5, 0.6) is 5.75 Å². The van der Waals surface area contributed by atoms with Crippen LogP contribution < -0.4 is 19.6 Å². The molecule has 0 N–H and O–H groups in total. The number of rotatable bonds is 6. The van der Waals surface area contributed by atoms with Crippen LogP contribution in [-0.2, 0) is 9.53 Å². The summed E-state index contributed by atoms with van der Waals surface area (Å²) >= 11 is 1.32. The van der Waals surface area contributed by atoms with Gasteiger partial charge in [0.25, 0.3) is 5.56 Å². The lowest BCUT2D eigenvalue weighted by Gasteiger charge is -2.27. The first-order valence-corrected chi connectivity index (χ1v) is 15.1. The third-order valence-corrected chi connectivity index (χ3v) is 8.94. The molecular formula is C35H33N3O4S. The lowest BCUT2D eigenvalue weighted by atomic mass is 9.90. The van der Waals surface area contributed by atoms with E-state index in [1.54, 1.807) is 25.5 Å². The van der Waals surface area contributed by atoms with E-state index in [9.17, 15) is 9.59 Å². The summed E-state index contributed by atoms with van der Waals surface area (Å²) in [7, 11) is 1.60. The van der Waals surface area contributed by atoms with E-state index in [-0.39, 0.29) is 12.2 Å². The number of benzene rings is 3. The van der Waals surface area contributed by atoms with Crippen LogP contribution in [0.2, 0.25) is 0 Å². The summed E-state index contributed by atoms with van der Waals surface area (Å²) in [6.07, 6.45) is 1.93. The molecule has 43 heavy (non-hydrogen) atoms. The molecule has 0 saturated carbocycles. The average molecular weight is 592 g/mol. The third kappa shape index (κ3) is 4.81. The van der Waals surface area contributed by atoms with Gasteiger partial charge in [0, 0.05) is 22.6 Å². The number of thiazole rings is 1. The van der Waals surface area contributed by atoms with Crippen molar-refractivity contribution in [3.05, 3.63) is 126 Å². The third-order valence-electron chi connectivity index (χ3n) is 7.96. The monoisotopic (exact) mass is 591 g/mol. The summed E-state index contributed by atoms with van der Waals surface area (Å²) < 4.78 is 15.7. The summed E-state index contributed by atoms with van der Waals surface area (Å²) in [5, 5.41) is 1.86. The fourth-order valence-electron chi connectivity index (χ4n) is 6.04. The van der Waals surface area contributed by atoms with Crippen LogP contribution in [0, 0.1) is 20.8 Å². The number of carbonyl (C=O) groups is 1. The summed E-state index contributed by atoms with van der Waals surface area (Å²) in [4.78, 5) is 33.1. The number of esters is 1. The van der Waals surface area contributed by atoms with Gasteiger partial charge in [-0.25, -0.2) is 9.79 Å². The zero-order valence-electron chi connectivity index (χ0n) is 25.1. The molecule has 218 valence electrons. The van der Waals surface area contributed by atoms with Crippen LogP contribution in [0.15, 0.2) is 87.8 Å². The van der Waals surface area contributed by atoms with Gasteiger partial charge < -0.3 is 14.0 Å². The van der Waals surface area contributed by atoms with Crippen molar-refractivity contribution in [1.29, 1.82) is 0 Å². The molecule has 0 fully saturated rings. The van der Waals surface area contributed by atoms with Crippen LogP contribution in [0.25, 0.3) is 22.5 Å². The first kappa shape index (κ1) is 28.4. The minimum Gasteiger partial charge on any atom is -0.496 e. The SMILES string of the molecule is CCOC(=O)C1=C(C)N=c2s/c(=C/c3cc(C)n(-c4cccc(C)c4)c3C)c(=O)n2[C@@H]1c1c(OC)ccc2ccccc12. The Balaban J connectivity index is 1.61. The molecule has 7 nitrogen and oxygen atoms in total. The molecule has 0 bridgehead atoms. The maximum Gasteiger partial charge on any atom is 0.338 e. The Morgan fingerprint density at radius 2 is 1.81 bits per heavy atom. The lowest BCUT2D eigenvalue weighted by molar-refractivity contribution is -0.139. The van der Waals surface area contributed by atoms with Gasteiger partial charge in [-0.2, -0.15) is 0 Å². The second-order valence-corrected chi connectivity index (χ2v) is 11.7. The molecule has 3 heterocycles. The second kappa shape index (κ2) is 11.2. The van der Waals surface area contributed by atoms with Crippen molar-refractivity contribution >= 4 is 34.2 Å². The Labute approximate surface area is 253 Å². The molecule has 3 aromatic carbocycles. The number of aryl methyl sites for hydroxylation is 2.